The minimum Gasteiger partial charge on any atom is -0.408 e. The Balaban J connectivity index is 1.44. The second-order valence-electron chi connectivity index (χ2n) is 6.12. The van der Waals surface area contributed by atoms with Crippen LogP contribution in [0.2, 0.25) is 0 Å². The molecule has 0 bridgehead atoms. The monoisotopic (exact) mass is 369 g/mol. The van der Waals surface area contributed by atoms with E-state index in [2.05, 4.69) is 15.2 Å². The Bertz CT molecular complexity index is 1120. The summed E-state index contributed by atoms with van der Waals surface area (Å²) in [4.78, 5) is 53.1. The molecule has 138 valence electrons. The van der Waals surface area contributed by atoms with Gasteiger partial charge < -0.3 is 14.2 Å². The zero-order valence-electron chi connectivity index (χ0n) is 14.1. The van der Waals surface area contributed by atoms with Crippen molar-refractivity contribution in [2.24, 2.45) is 0 Å². The maximum Gasteiger partial charge on any atom is 0.417 e. The molecule has 27 heavy (non-hydrogen) atoms. The number of hydrogen-bond donors (Lipinski definition) is 2. The van der Waals surface area contributed by atoms with E-state index >= 15 is 0 Å². The Hall–Kier alpha value is -3.69. The van der Waals surface area contributed by atoms with Gasteiger partial charge in [0, 0.05) is 37.8 Å². The fraction of sp³-hybridized carbons (Fsp3) is 0.235. The van der Waals surface area contributed by atoms with E-state index in [1.165, 1.54) is 12.1 Å². The van der Waals surface area contributed by atoms with E-state index < -0.39 is 5.76 Å². The molecule has 10 nitrogen and oxygen atoms in total. The summed E-state index contributed by atoms with van der Waals surface area (Å²) in [6.45, 7) is 1.45. The first-order valence-electron chi connectivity index (χ1n) is 8.28. The number of benzene rings is 1. The van der Waals surface area contributed by atoms with E-state index in [-0.39, 0.29) is 23.1 Å². The third kappa shape index (κ3) is 3.24. The van der Waals surface area contributed by atoms with Gasteiger partial charge in [0.2, 0.25) is 0 Å². The van der Waals surface area contributed by atoms with E-state index in [1.54, 1.807) is 28.0 Å². The smallest absolute Gasteiger partial charge is 0.408 e. The van der Waals surface area contributed by atoms with Crippen LogP contribution >= 0.6 is 0 Å². The van der Waals surface area contributed by atoms with Crippen LogP contribution in [0.3, 0.4) is 0 Å². The normalized spacial score (nSPS) is 14.5. The summed E-state index contributed by atoms with van der Waals surface area (Å²) in [5.74, 6) is -1.05. The lowest BCUT2D eigenvalue weighted by Gasteiger charge is -2.34. The van der Waals surface area contributed by atoms with Crippen molar-refractivity contribution in [3.05, 3.63) is 62.5 Å². The summed E-state index contributed by atoms with van der Waals surface area (Å²) in [6, 6.07) is 7.37. The topological polar surface area (TPSA) is 132 Å². The van der Waals surface area contributed by atoms with Gasteiger partial charge in [-0.2, -0.15) is 5.10 Å². The molecule has 2 amide bonds. The number of aromatic nitrogens is 3. The molecule has 10 heteroatoms. The highest BCUT2D eigenvalue weighted by molar-refractivity contribution is 5.97. The molecule has 0 unspecified atom stereocenters. The fourth-order valence-electron chi connectivity index (χ4n) is 3.01. The number of oxazole rings is 1. The quantitative estimate of drug-likeness (QED) is 0.643. The average molecular weight is 369 g/mol. The highest BCUT2D eigenvalue weighted by atomic mass is 16.4. The Morgan fingerprint density at radius 2 is 1.67 bits per heavy atom. The number of amides is 2. The molecule has 0 aliphatic carbocycles. The molecule has 1 aliphatic heterocycles. The van der Waals surface area contributed by atoms with Crippen LogP contribution in [0, 0.1) is 0 Å². The zero-order chi connectivity index (χ0) is 19.0. The van der Waals surface area contributed by atoms with Gasteiger partial charge in [-0.05, 0) is 24.3 Å². The highest BCUT2D eigenvalue weighted by Gasteiger charge is 2.26. The van der Waals surface area contributed by atoms with Crippen LogP contribution in [0.25, 0.3) is 11.1 Å². The first-order chi connectivity index (χ1) is 13.0. The number of rotatable bonds is 2. The molecule has 1 fully saturated rings. The van der Waals surface area contributed by atoms with Gasteiger partial charge in [0.15, 0.2) is 5.58 Å². The van der Waals surface area contributed by atoms with Gasteiger partial charge >= 0.3 is 5.76 Å². The van der Waals surface area contributed by atoms with E-state index in [4.69, 9.17) is 4.42 Å². The third-order valence-corrected chi connectivity index (χ3v) is 4.42. The third-order valence-electron chi connectivity index (χ3n) is 4.42. The second-order valence-corrected chi connectivity index (χ2v) is 6.12. The van der Waals surface area contributed by atoms with Crippen LogP contribution in [0.1, 0.15) is 20.8 Å². The van der Waals surface area contributed by atoms with Crippen LogP contribution in [0.5, 0.6) is 0 Å². The largest absolute Gasteiger partial charge is 0.417 e. The SMILES string of the molecule is O=C(c1ccc2oc(=O)[nH]c2c1)N1CCN(C(=O)c2ccc(=O)[nH]n2)CC1. The number of nitrogens with one attached hydrogen (secondary N) is 2. The number of carbonyl (C=O) groups excluding carboxylic acids is 2. The maximum atomic E-state index is 12.7. The number of H-pyrrole nitrogens is 2. The van der Waals surface area contributed by atoms with Gasteiger partial charge in [-0.15, -0.1) is 0 Å². The number of fused-ring (bicyclic) bond motifs is 1. The summed E-state index contributed by atoms with van der Waals surface area (Å²) in [5.41, 5.74) is 1.06. The van der Waals surface area contributed by atoms with Crippen molar-refractivity contribution in [1.29, 1.82) is 0 Å². The number of carbonyl (C=O) groups is 2. The maximum absolute atomic E-state index is 12.7. The van der Waals surface area contributed by atoms with Crippen molar-refractivity contribution in [2.75, 3.05) is 26.2 Å². The minimum atomic E-state index is -0.572. The Kier molecular flexibility index (Phi) is 4.07. The molecule has 4 rings (SSSR count). The molecule has 3 heterocycles. The van der Waals surface area contributed by atoms with Crippen LogP contribution in [-0.2, 0) is 0 Å². The van der Waals surface area contributed by atoms with Crippen LogP contribution in [-0.4, -0.2) is 63.0 Å². The van der Waals surface area contributed by atoms with Crippen molar-refractivity contribution in [2.45, 2.75) is 0 Å². The van der Waals surface area contributed by atoms with Crippen molar-refractivity contribution in [3.63, 3.8) is 0 Å². The highest BCUT2D eigenvalue weighted by Crippen LogP contribution is 2.15. The molecule has 0 spiro atoms. The number of hydrogen-bond acceptors (Lipinski definition) is 6. The molecule has 2 aromatic heterocycles. The molecule has 2 N–H and O–H groups in total. The zero-order valence-corrected chi connectivity index (χ0v) is 14.1. The molecular weight excluding hydrogens is 354 g/mol. The molecule has 1 saturated heterocycles. The summed E-state index contributed by atoms with van der Waals surface area (Å²) in [7, 11) is 0. The Labute approximate surface area is 151 Å². The molecule has 0 radical (unpaired) electrons. The van der Waals surface area contributed by atoms with Crippen LogP contribution in [0.15, 0.2) is 44.3 Å². The van der Waals surface area contributed by atoms with Crippen molar-refractivity contribution >= 4 is 22.9 Å². The van der Waals surface area contributed by atoms with E-state index in [0.717, 1.165) is 0 Å². The van der Waals surface area contributed by atoms with Gasteiger partial charge in [0.05, 0.1) is 5.52 Å². The predicted molar refractivity (Wildman–Crippen MR) is 93.5 cm³/mol. The standard InChI is InChI=1S/C17H15N5O5/c23-14-4-2-11(19-20-14)16(25)22-7-5-21(6-8-22)15(24)10-1-3-13-12(9-10)18-17(26)27-13/h1-4,9H,5-8H2,(H,18,26)(H,20,23). The molecular formula is C17H15N5O5. The molecule has 1 aromatic carbocycles. The number of aromatic amines is 2. The average Bonchev–Trinajstić information content (AvgIpc) is 3.07. The predicted octanol–water partition coefficient (Wildman–Crippen LogP) is -0.197. The van der Waals surface area contributed by atoms with E-state index in [9.17, 15) is 19.2 Å². The lowest BCUT2D eigenvalue weighted by molar-refractivity contribution is 0.0531. The van der Waals surface area contributed by atoms with Gasteiger partial charge in [0.1, 0.15) is 5.69 Å². The lowest BCUT2D eigenvalue weighted by Crippen LogP contribution is -2.50. The lowest BCUT2D eigenvalue weighted by atomic mass is 10.1. The molecule has 1 aliphatic rings. The van der Waals surface area contributed by atoms with Crippen molar-refractivity contribution in [1.82, 2.24) is 25.0 Å². The summed E-state index contributed by atoms with van der Waals surface area (Å²) in [5, 5.41) is 5.97. The van der Waals surface area contributed by atoms with Crippen LogP contribution in [0.4, 0.5) is 0 Å². The van der Waals surface area contributed by atoms with Crippen molar-refractivity contribution < 1.29 is 14.0 Å². The number of piperazine rings is 1. The Morgan fingerprint density at radius 3 is 2.33 bits per heavy atom. The fourth-order valence-corrected chi connectivity index (χ4v) is 3.01. The Morgan fingerprint density at radius 1 is 0.963 bits per heavy atom. The molecule has 0 atom stereocenters. The summed E-state index contributed by atoms with van der Waals surface area (Å²) < 4.78 is 4.93. The molecule has 3 aromatic rings. The summed E-state index contributed by atoms with van der Waals surface area (Å²) >= 11 is 0. The summed E-state index contributed by atoms with van der Waals surface area (Å²) in [6.07, 6.45) is 0. The van der Waals surface area contributed by atoms with Gasteiger partial charge in [0.25, 0.3) is 17.4 Å². The van der Waals surface area contributed by atoms with E-state index in [0.29, 0.717) is 42.8 Å². The van der Waals surface area contributed by atoms with E-state index in [1.807, 2.05) is 0 Å². The van der Waals surface area contributed by atoms with Gasteiger partial charge in [-0.25, -0.2) is 9.89 Å². The number of nitrogens with zero attached hydrogens (tertiary/aromatic N) is 3. The molecule has 0 saturated carbocycles. The first-order valence-corrected chi connectivity index (χ1v) is 8.28. The van der Waals surface area contributed by atoms with Crippen LogP contribution < -0.4 is 11.3 Å². The first kappa shape index (κ1) is 16.8. The second kappa shape index (κ2) is 6.56. The van der Waals surface area contributed by atoms with Gasteiger partial charge in [-0.3, -0.25) is 19.4 Å². The van der Waals surface area contributed by atoms with Crippen molar-refractivity contribution in [3.8, 4) is 0 Å². The van der Waals surface area contributed by atoms with Gasteiger partial charge in [-0.1, -0.05) is 0 Å². The minimum absolute atomic E-state index is 0.156.